The van der Waals surface area contributed by atoms with Crippen LogP contribution in [0.15, 0.2) is 41.3 Å². The van der Waals surface area contributed by atoms with Gasteiger partial charge in [-0.2, -0.15) is 0 Å². The number of hydrogen-bond donors (Lipinski definition) is 5. The third kappa shape index (κ3) is 6.87. The van der Waals surface area contributed by atoms with Crippen LogP contribution in [0.4, 0.5) is 14.5 Å². The second-order valence-electron chi connectivity index (χ2n) is 13.2. The van der Waals surface area contributed by atoms with Gasteiger partial charge in [0.15, 0.2) is 11.6 Å². The van der Waals surface area contributed by atoms with Crippen LogP contribution in [0, 0.1) is 35.3 Å². The molecule has 4 bridgehead atoms. The fourth-order valence-corrected chi connectivity index (χ4v) is 7.94. The smallest absolute Gasteiger partial charge is 0.287 e. The maximum absolute atomic E-state index is 14.3. The van der Waals surface area contributed by atoms with Crippen molar-refractivity contribution in [3.8, 4) is 0 Å². The second-order valence-corrected chi connectivity index (χ2v) is 13.2. The van der Waals surface area contributed by atoms with Crippen LogP contribution in [0.3, 0.4) is 0 Å². The lowest BCUT2D eigenvalue weighted by atomic mass is 9.54. The van der Waals surface area contributed by atoms with Crippen LogP contribution in [0.2, 0.25) is 0 Å². The molecule has 254 valence electrons. The molecule has 1 aromatic carbocycles. The lowest BCUT2D eigenvalue weighted by Crippen LogP contribution is -2.56. The summed E-state index contributed by atoms with van der Waals surface area (Å²) in [6.07, 6.45) is 6.51. The minimum Gasteiger partial charge on any atom is -0.351 e. The fourth-order valence-electron chi connectivity index (χ4n) is 7.94. The van der Waals surface area contributed by atoms with Crippen LogP contribution in [0.5, 0.6) is 0 Å². The molecule has 4 aliphatic carbocycles. The Morgan fingerprint density at radius 2 is 1.71 bits per heavy atom. The number of hydrogen-bond acceptors (Lipinski definition) is 6. The Balaban J connectivity index is 1.15. The molecule has 0 saturated heterocycles. The SMILES string of the molecule is CCNC(=O)C(=O)CC[C@H](NC(=O)c1cc2c(F)c(F)ccc2[nH]1)C(=O)Nc1cccn(CC(=O)NC2C3CC4CC(C3)CC2C4)c1=O. The molecule has 14 heteroatoms. The van der Waals surface area contributed by atoms with Crippen LogP contribution in [-0.4, -0.2) is 57.6 Å². The van der Waals surface area contributed by atoms with Crippen molar-refractivity contribution in [1.29, 1.82) is 0 Å². The number of nitrogens with zero attached hydrogens (tertiary/aromatic N) is 1. The average Bonchev–Trinajstić information content (AvgIpc) is 3.49. The number of amides is 4. The Morgan fingerprint density at radius 1 is 1.00 bits per heavy atom. The molecule has 5 N–H and O–H groups in total. The Kier molecular flexibility index (Phi) is 9.42. The van der Waals surface area contributed by atoms with Gasteiger partial charge in [-0.1, -0.05) is 0 Å². The van der Waals surface area contributed by atoms with Crippen molar-refractivity contribution in [3.63, 3.8) is 0 Å². The van der Waals surface area contributed by atoms with Gasteiger partial charge in [-0.15, -0.1) is 0 Å². The molecule has 7 rings (SSSR count). The van der Waals surface area contributed by atoms with Gasteiger partial charge in [0, 0.05) is 36.1 Å². The maximum Gasteiger partial charge on any atom is 0.287 e. The third-order valence-corrected chi connectivity index (χ3v) is 9.95. The molecule has 0 spiro atoms. The highest BCUT2D eigenvalue weighted by molar-refractivity contribution is 6.36. The molecule has 0 radical (unpaired) electrons. The van der Waals surface area contributed by atoms with Crippen molar-refractivity contribution >= 4 is 46.0 Å². The third-order valence-electron chi connectivity index (χ3n) is 9.95. The highest BCUT2D eigenvalue weighted by Gasteiger charge is 2.48. The topological polar surface area (TPSA) is 171 Å². The van der Waals surface area contributed by atoms with E-state index in [0.29, 0.717) is 11.8 Å². The maximum atomic E-state index is 14.3. The summed E-state index contributed by atoms with van der Waals surface area (Å²) in [7, 11) is 0. The van der Waals surface area contributed by atoms with Crippen LogP contribution in [0.25, 0.3) is 10.9 Å². The molecule has 3 aromatic rings. The van der Waals surface area contributed by atoms with E-state index in [4.69, 9.17) is 0 Å². The van der Waals surface area contributed by atoms with Crippen molar-refractivity contribution in [1.82, 2.24) is 25.5 Å². The first-order valence-corrected chi connectivity index (χ1v) is 16.4. The zero-order chi connectivity index (χ0) is 34.1. The number of Topliss-reactive ketones (excluding diaryl/α,β-unsaturated/α-hetero) is 1. The lowest BCUT2D eigenvalue weighted by molar-refractivity contribution is -0.138. The molecule has 12 nitrogen and oxygen atoms in total. The number of pyridine rings is 1. The lowest BCUT2D eigenvalue weighted by Gasteiger charge is -2.54. The Hall–Kier alpha value is -4.88. The van der Waals surface area contributed by atoms with Gasteiger partial charge in [-0.05, 0) is 99.5 Å². The van der Waals surface area contributed by atoms with E-state index in [-0.39, 0.29) is 53.7 Å². The van der Waals surface area contributed by atoms with E-state index in [2.05, 4.69) is 26.3 Å². The molecular weight excluding hydrogens is 626 g/mol. The number of carbonyl (C=O) groups excluding carboxylic acids is 5. The molecule has 48 heavy (non-hydrogen) atoms. The number of aromatic amines is 1. The van der Waals surface area contributed by atoms with E-state index in [1.165, 1.54) is 35.4 Å². The van der Waals surface area contributed by atoms with E-state index in [0.717, 1.165) is 49.7 Å². The predicted molar refractivity (Wildman–Crippen MR) is 171 cm³/mol. The molecule has 2 aromatic heterocycles. The number of halogens is 2. The second kappa shape index (κ2) is 13.7. The van der Waals surface area contributed by atoms with E-state index in [1.54, 1.807) is 6.92 Å². The van der Waals surface area contributed by atoms with Gasteiger partial charge >= 0.3 is 0 Å². The number of benzene rings is 1. The van der Waals surface area contributed by atoms with Crippen LogP contribution >= 0.6 is 0 Å². The summed E-state index contributed by atoms with van der Waals surface area (Å²) in [5.41, 5.74) is -0.858. The van der Waals surface area contributed by atoms with Gasteiger partial charge in [-0.25, -0.2) is 8.78 Å². The molecule has 4 fully saturated rings. The van der Waals surface area contributed by atoms with E-state index in [1.807, 2.05) is 0 Å². The monoisotopic (exact) mass is 664 g/mol. The summed E-state index contributed by atoms with van der Waals surface area (Å²) >= 11 is 0. The first kappa shape index (κ1) is 33.0. The number of nitrogens with one attached hydrogen (secondary N) is 5. The Bertz CT molecular complexity index is 1810. The van der Waals surface area contributed by atoms with Gasteiger partial charge in [0.05, 0.1) is 0 Å². The van der Waals surface area contributed by atoms with Crippen LogP contribution in [-0.2, 0) is 25.7 Å². The zero-order valence-electron chi connectivity index (χ0n) is 26.4. The van der Waals surface area contributed by atoms with E-state index < -0.39 is 53.2 Å². The van der Waals surface area contributed by atoms with Crippen LogP contribution in [0.1, 0.15) is 62.4 Å². The molecule has 4 aliphatic rings. The van der Waals surface area contributed by atoms with Crippen molar-refractivity contribution in [3.05, 3.63) is 64.2 Å². The molecule has 4 amide bonds. The molecule has 4 saturated carbocycles. The Labute approximate surface area is 274 Å². The minimum absolute atomic E-state index is 0.100. The van der Waals surface area contributed by atoms with Crippen LogP contribution < -0.4 is 26.8 Å². The highest BCUT2D eigenvalue weighted by Crippen LogP contribution is 2.53. The number of aromatic nitrogens is 2. The summed E-state index contributed by atoms with van der Waals surface area (Å²) < 4.78 is 29.2. The largest absolute Gasteiger partial charge is 0.351 e. The normalized spacial score (nSPS) is 23.0. The molecule has 2 heterocycles. The quantitative estimate of drug-likeness (QED) is 0.187. The van der Waals surface area contributed by atoms with Crippen molar-refractivity contribution in [2.45, 2.75) is 70.5 Å². The van der Waals surface area contributed by atoms with Gasteiger partial charge in [0.1, 0.15) is 24.0 Å². The standard InChI is InChI=1S/C34H38F2N6O6/c1-2-37-33(47)27(43)8-7-24(39-32(46)26-15-21-23(38-26)6-5-22(35)29(21)36)31(45)40-25-4-3-9-42(34(25)48)16-28(44)41-30-19-11-17-10-18(13-19)14-20(30)12-17/h3-6,9,15,17-20,24,30,38H,2,7-8,10-14,16H2,1H3,(H,37,47)(H,39,46)(H,40,45)(H,41,44)/t17?,18?,19?,20?,24-,30?/m0/s1. The minimum atomic E-state index is -1.42. The summed E-state index contributed by atoms with van der Waals surface area (Å²) in [6, 6.07) is 4.77. The van der Waals surface area contributed by atoms with E-state index in [9.17, 15) is 37.5 Å². The summed E-state index contributed by atoms with van der Waals surface area (Å²) in [5.74, 6) is -3.54. The van der Waals surface area contributed by atoms with E-state index >= 15 is 0 Å². The Morgan fingerprint density at radius 3 is 2.40 bits per heavy atom. The summed E-state index contributed by atoms with van der Waals surface area (Å²) in [4.78, 5) is 80.0. The number of anilines is 1. The molecule has 0 unspecified atom stereocenters. The van der Waals surface area contributed by atoms with Gasteiger partial charge in [0.25, 0.3) is 17.4 Å². The first-order chi connectivity index (χ1) is 23.0. The number of carbonyl (C=O) groups is 5. The van der Waals surface area contributed by atoms with Crippen molar-refractivity contribution < 1.29 is 32.8 Å². The molecule has 1 atom stereocenters. The van der Waals surface area contributed by atoms with Gasteiger partial charge in [-0.3, -0.25) is 28.8 Å². The van der Waals surface area contributed by atoms with Crippen molar-refractivity contribution in [2.75, 3.05) is 11.9 Å². The number of likely N-dealkylation sites (N-methyl/N-ethyl adjacent to an activating group) is 1. The highest BCUT2D eigenvalue weighted by atomic mass is 19.2. The molecular formula is C34H38F2N6O6. The first-order valence-electron chi connectivity index (χ1n) is 16.4. The van der Waals surface area contributed by atoms with Gasteiger partial charge in [0.2, 0.25) is 17.6 Å². The number of H-pyrrole nitrogens is 1. The number of ketones is 1. The van der Waals surface area contributed by atoms with Gasteiger partial charge < -0.3 is 30.8 Å². The number of rotatable bonds is 12. The number of fused-ring (bicyclic) bond motifs is 1. The summed E-state index contributed by atoms with van der Waals surface area (Å²) in [5, 5.41) is 10.3. The average molecular weight is 665 g/mol. The predicted octanol–water partition coefficient (Wildman–Crippen LogP) is 2.77. The zero-order valence-corrected chi connectivity index (χ0v) is 26.4. The van der Waals surface area contributed by atoms with Crippen molar-refractivity contribution in [2.24, 2.45) is 23.7 Å². The fraction of sp³-hybridized carbons (Fsp3) is 0.471. The summed E-state index contributed by atoms with van der Waals surface area (Å²) in [6.45, 7) is 1.60. The molecule has 0 aliphatic heterocycles.